The topological polar surface area (TPSA) is 257 Å². The summed E-state index contributed by atoms with van der Waals surface area (Å²) in [6.45, 7) is 15.1. The van der Waals surface area contributed by atoms with E-state index < -0.39 is 40.9 Å². The zero-order valence-electron chi connectivity index (χ0n) is 52.8. The van der Waals surface area contributed by atoms with Crippen LogP contribution in [0.3, 0.4) is 0 Å². The van der Waals surface area contributed by atoms with Gasteiger partial charge in [-0.15, -0.1) is 0 Å². The highest BCUT2D eigenvalue weighted by molar-refractivity contribution is 6.25. The predicted octanol–water partition coefficient (Wildman–Crippen LogP) is 7.78. The van der Waals surface area contributed by atoms with Crippen molar-refractivity contribution in [3.8, 4) is 11.3 Å². The minimum atomic E-state index is -1.08. The largest absolute Gasteiger partial charge is 0.383 e. The minimum Gasteiger partial charge on any atom is -0.383 e. The Morgan fingerprint density at radius 2 is 1.55 bits per heavy atom. The number of aryl methyl sites for hydroxylation is 1. The molecule has 5 fully saturated rings. The Kier molecular flexibility index (Phi) is 17.0. The van der Waals surface area contributed by atoms with Gasteiger partial charge in [-0.05, 0) is 178 Å². The smallest absolute Gasteiger partial charge is 0.269 e. The van der Waals surface area contributed by atoms with Gasteiger partial charge in [-0.25, -0.2) is 14.4 Å². The molecule has 22 nitrogen and oxygen atoms in total. The molecule has 7 aliphatic rings. The third kappa shape index (κ3) is 11.7. The molecule has 8 amide bonds. The first-order chi connectivity index (χ1) is 44.3. The number of nitrogens with zero attached hydrogens (tertiary/aromatic N) is 9. The van der Waals surface area contributed by atoms with Crippen LogP contribution >= 0.6 is 0 Å². The maximum atomic E-state index is 16.0. The van der Waals surface area contributed by atoms with Crippen molar-refractivity contribution in [2.75, 3.05) is 67.9 Å². The van der Waals surface area contributed by atoms with Crippen molar-refractivity contribution < 1.29 is 42.7 Å². The lowest BCUT2D eigenvalue weighted by Gasteiger charge is -2.48. The summed E-state index contributed by atoms with van der Waals surface area (Å²) in [6, 6.07) is 18.7. The van der Waals surface area contributed by atoms with Crippen LogP contribution in [0.25, 0.3) is 22.3 Å². The molecule has 9 heterocycles. The van der Waals surface area contributed by atoms with Crippen LogP contribution < -0.4 is 31.5 Å². The number of pyridine rings is 2. The highest BCUT2D eigenvalue weighted by Gasteiger charge is 2.56. The van der Waals surface area contributed by atoms with E-state index in [4.69, 9.17) is 9.97 Å². The number of likely N-dealkylation sites (tertiary alicyclic amines) is 3. The number of piperidine rings is 4. The second-order valence-electron chi connectivity index (χ2n) is 26.5. The van der Waals surface area contributed by atoms with Crippen molar-refractivity contribution in [2.24, 2.45) is 5.92 Å². The number of hydrogen-bond donors (Lipinski definition) is 5. The normalized spacial score (nSPS) is 21.1. The molecule has 3 aromatic carbocycles. The van der Waals surface area contributed by atoms with E-state index in [1.807, 2.05) is 55.4 Å². The molecular formula is C69H79FN14O8. The summed E-state index contributed by atoms with van der Waals surface area (Å²) >= 11 is 0. The molecule has 13 rings (SSSR count). The molecule has 92 heavy (non-hydrogen) atoms. The molecule has 5 N–H and O–H groups in total. The molecule has 1 spiro atoms. The highest BCUT2D eigenvalue weighted by Crippen LogP contribution is 2.53. The number of nitrogens with one attached hydrogen (secondary N) is 5. The fourth-order valence-electron chi connectivity index (χ4n) is 14.9. The van der Waals surface area contributed by atoms with E-state index in [1.165, 1.54) is 37.5 Å². The molecule has 0 radical (unpaired) electrons. The van der Waals surface area contributed by atoms with E-state index in [-0.39, 0.29) is 96.1 Å². The SMILES string of the molecule is Cc1cc(F)c(Nc2nc(-c3ccc4c(c3)N([C@H]3C[C@@H](N5CCCCC5)C3)C(=O)C43CCN(C(=O)C4CCN(Cc5ccc(C(=O)NCCNc6cccc7c6C(=O)N(C6CCC(=O)NC6=O)C7=O)nc5)CC4)CC3)cc3ncn(C(C)C)c23)cc1C(=O)NC(C)C. The van der Waals surface area contributed by atoms with Crippen molar-refractivity contribution in [3.63, 3.8) is 0 Å². The maximum Gasteiger partial charge on any atom is 0.269 e. The summed E-state index contributed by atoms with van der Waals surface area (Å²) in [5.41, 5.74) is 6.62. The Balaban J connectivity index is 0.644. The first-order valence-electron chi connectivity index (χ1n) is 32.6. The molecule has 4 saturated heterocycles. The Morgan fingerprint density at radius 3 is 2.27 bits per heavy atom. The van der Waals surface area contributed by atoms with Crippen LogP contribution in [0.15, 0.2) is 79.3 Å². The monoisotopic (exact) mass is 1250 g/mol. The zero-order chi connectivity index (χ0) is 64.3. The number of imide groups is 2. The summed E-state index contributed by atoms with van der Waals surface area (Å²) in [7, 11) is 0. The van der Waals surface area contributed by atoms with Gasteiger partial charge < -0.3 is 40.5 Å². The number of hydrogen-bond acceptors (Lipinski definition) is 15. The number of benzene rings is 3. The van der Waals surface area contributed by atoms with Crippen LogP contribution in [0.5, 0.6) is 0 Å². The number of amides is 8. The number of carbonyl (C=O) groups is 8. The number of aromatic nitrogens is 4. The van der Waals surface area contributed by atoms with Gasteiger partial charge in [-0.2, -0.15) is 0 Å². The molecule has 0 bridgehead atoms. The van der Waals surface area contributed by atoms with Gasteiger partial charge in [-0.1, -0.05) is 30.7 Å². The lowest BCUT2D eigenvalue weighted by Crippen LogP contribution is -2.58. The average molecular weight is 1250 g/mol. The van der Waals surface area contributed by atoms with Crippen molar-refractivity contribution in [1.82, 2.24) is 55.1 Å². The third-order valence-electron chi connectivity index (χ3n) is 19.9. The maximum absolute atomic E-state index is 16.0. The molecular weight excluding hydrogens is 1170 g/mol. The second-order valence-corrected chi connectivity index (χ2v) is 26.5. The van der Waals surface area contributed by atoms with Crippen LogP contribution in [-0.2, 0) is 31.1 Å². The first kappa shape index (κ1) is 61.9. The molecule has 6 aliphatic heterocycles. The number of imidazole rings is 1. The number of rotatable bonds is 17. The summed E-state index contributed by atoms with van der Waals surface area (Å²) in [6.07, 6.45) is 11.4. The van der Waals surface area contributed by atoms with Gasteiger partial charge in [0.1, 0.15) is 23.1 Å². The van der Waals surface area contributed by atoms with Gasteiger partial charge in [0.15, 0.2) is 5.82 Å². The molecule has 480 valence electrons. The number of halogens is 1. The van der Waals surface area contributed by atoms with E-state index in [0.29, 0.717) is 104 Å². The van der Waals surface area contributed by atoms with Gasteiger partial charge in [0.2, 0.25) is 23.6 Å². The highest BCUT2D eigenvalue weighted by atomic mass is 19.1. The zero-order valence-corrected chi connectivity index (χ0v) is 52.8. The van der Waals surface area contributed by atoms with Gasteiger partial charge in [0.25, 0.3) is 23.6 Å². The summed E-state index contributed by atoms with van der Waals surface area (Å²) in [4.78, 5) is 132. The number of anilines is 4. The Hall–Kier alpha value is -8.96. The van der Waals surface area contributed by atoms with Crippen molar-refractivity contribution in [2.45, 2.75) is 147 Å². The Labute approximate surface area is 533 Å². The van der Waals surface area contributed by atoms with E-state index in [2.05, 4.69) is 58.4 Å². The first-order valence-corrected chi connectivity index (χ1v) is 32.6. The molecule has 1 unspecified atom stereocenters. The van der Waals surface area contributed by atoms with Crippen LogP contribution in [0.4, 0.5) is 27.3 Å². The average Bonchev–Trinajstić information content (AvgIpc) is 1.55. The van der Waals surface area contributed by atoms with Crippen molar-refractivity contribution in [1.29, 1.82) is 0 Å². The van der Waals surface area contributed by atoms with Gasteiger partial charge in [0.05, 0.1) is 39.8 Å². The Bertz CT molecular complexity index is 3950. The molecule has 23 heteroatoms. The van der Waals surface area contributed by atoms with Gasteiger partial charge in [-0.3, -0.25) is 58.5 Å². The predicted molar refractivity (Wildman–Crippen MR) is 344 cm³/mol. The molecule has 1 saturated carbocycles. The lowest BCUT2D eigenvalue weighted by atomic mass is 9.73. The van der Waals surface area contributed by atoms with E-state index in [1.54, 1.807) is 37.6 Å². The van der Waals surface area contributed by atoms with Gasteiger partial charge >= 0.3 is 0 Å². The quantitative estimate of drug-likeness (QED) is 0.0432. The number of fused-ring (bicyclic) bond motifs is 4. The summed E-state index contributed by atoms with van der Waals surface area (Å²) in [5, 5.41) is 14.4. The molecule has 6 aromatic rings. The van der Waals surface area contributed by atoms with Crippen molar-refractivity contribution in [3.05, 3.63) is 124 Å². The Morgan fingerprint density at radius 1 is 0.783 bits per heavy atom. The standard InChI is InChI=1S/C69H79FN14O8/c1-39(2)75-62(86)48-34-54(50(70)30-41(48)5)77-61-60-55(74-38-82(60)40(3)4)35-53(76-61)44-13-14-49-57(31-44)83(46-32-45(33-46)80-24-7-6-8-25-80)68(92)69(49)20-28-81(29-21-69)65(89)43-18-26-79(27-19-43)37-42-12-15-52(73-36-42)63(87)72-23-22-71-51-11-9-10-47-59(51)67(91)84(66(47)90)56-16-17-58(85)78-64(56)88/h9-15,30-31,34-36,38-40,43,45-46,56,71H,6-8,16-29,32-33,37H2,1-5H3,(H,72,87)(H,75,86)(H,76,77)(H,78,85,88)/t45-,46+,56?. The second kappa shape index (κ2) is 25.3. The third-order valence-corrected chi connectivity index (χ3v) is 19.9. The van der Waals surface area contributed by atoms with Crippen LogP contribution in [0, 0.1) is 18.7 Å². The molecule has 1 atom stereocenters. The molecule has 3 aromatic heterocycles. The van der Waals surface area contributed by atoms with E-state index in [9.17, 15) is 33.6 Å². The van der Waals surface area contributed by atoms with Crippen LogP contribution in [0.1, 0.15) is 163 Å². The summed E-state index contributed by atoms with van der Waals surface area (Å²) in [5.74, 6) is -3.08. The summed E-state index contributed by atoms with van der Waals surface area (Å²) < 4.78 is 18.0. The fourth-order valence-corrected chi connectivity index (χ4v) is 14.9. The van der Waals surface area contributed by atoms with Crippen molar-refractivity contribution >= 4 is 81.2 Å². The van der Waals surface area contributed by atoms with Crippen LogP contribution in [0.2, 0.25) is 0 Å². The fraction of sp³-hybridized carbons (Fsp3) is 0.464. The minimum absolute atomic E-state index is 0.00366. The lowest BCUT2D eigenvalue weighted by molar-refractivity contribution is -0.140. The van der Waals surface area contributed by atoms with Gasteiger partial charge in [0, 0.05) is 97.9 Å². The number of carbonyl (C=O) groups excluding carboxylic acids is 8. The van der Waals surface area contributed by atoms with Crippen LogP contribution in [-0.4, -0.2) is 163 Å². The van der Waals surface area contributed by atoms with E-state index in [0.717, 1.165) is 53.2 Å². The molecule has 1 aliphatic carbocycles. The van der Waals surface area contributed by atoms with E-state index >= 15 is 9.18 Å².